The Hall–Kier alpha value is -1.40. The van der Waals surface area contributed by atoms with E-state index in [4.69, 9.17) is 0 Å². The van der Waals surface area contributed by atoms with Crippen LogP contribution in [0.25, 0.3) is 0 Å². The summed E-state index contributed by atoms with van der Waals surface area (Å²) in [6, 6.07) is 4.85. The van der Waals surface area contributed by atoms with Crippen LogP contribution in [0.15, 0.2) is 23.1 Å². The Kier molecular flexibility index (Phi) is 4.15. The minimum Gasteiger partial charge on any atom is -0.312 e. The van der Waals surface area contributed by atoms with E-state index >= 15 is 0 Å². The van der Waals surface area contributed by atoms with E-state index in [1.165, 1.54) is 6.92 Å². The number of hydrogen-bond acceptors (Lipinski definition) is 3. The SMILES string of the molecule is CC[C@@H](C)NS(=O)(=O)c1ccc2c(c1)CCN2C(C)=O. The Morgan fingerprint density at radius 2 is 2.15 bits per heavy atom. The normalized spacial score (nSPS) is 16.1. The second-order valence-corrected chi connectivity index (χ2v) is 6.86. The zero-order valence-corrected chi connectivity index (χ0v) is 12.8. The number of rotatable bonds is 4. The maximum absolute atomic E-state index is 12.2. The Morgan fingerprint density at radius 1 is 1.45 bits per heavy atom. The summed E-state index contributed by atoms with van der Waals surface area (Å²) in [5, 5.41) is 0. The van der Waals surface area contributed by atoms with E-state index in [0.29, 0.717) is 13.0 Å². The first kappa shape index (κ1) is 15.0. The molecule has 1 N–H and O–H groups in total. The van der Waals surface area contributed by atoms with E-state index in [0.717, 1.165) is 17.7 Å². The Bertz CT molecular complexity index is 625. The lowest BCUT2D eigenvalue weighted by Crippen LogP contribution is -2.32. The summed E-state index contributed by atoms with van der Waals surface area (Å²) in [6.45, 7) is 5.90. The molecule has 0 saturated heterocycles. The number of sulfonamides is 1. The van der Waals surface area contributed by atoms with Crippen LogP contribution < -0.4 is 9.62 Å². The molecule has 1 aromatic carbocycles. The quantitative estimate of drug-likeness (QED) is 0.919. The van der Waals surface area contributed by atoms with Crippen molar-refractivity contribution in [3.8, 4) is 0 Å². The van der Waals surface area contributed by atoms with E-state index in [9.17, 15) is 13.2 Å². The van der Waals surface area contributed by atoms with Crippen molar-refractivity contribution >= 4 is 21.6 Å². The van der Waals surface area contributed by atoms with Gasteiger partial charge < -0.3 is 4.90 Å². The zero-order chi connectivity index (χ0) is 14.9. The molecule has 1 aliphatic heterocycles. The summed E-state index contributed by atoms with van der Waals surface area (Å²) in [6.07, 6.45) is 1.43. The molecule has 6 heteroatoms. The van der Waals surface area contributed by atoms with Crippen LogP contribution in [0.1, 0.15) is 32.8 Å². The van der Waals surface area contributed by atoms with Gasteiger partial charge in [-0.2, -0.15) is 0 Å². The van der Waals surface area contributed by atoms with Crippen LogP contribution >= 0.6 is 0 Å². The van der Waals surface area contributed by atoms with E-state index in [2.05, 4.69) is 4.72 Å². The molecule has 1 aliphatic rings. The van der Waals surface area contributed by atoms with Gasteiger partial charge in [0, 0.05) is 25.2 Å². The fourth-order valence-corrected chi connectivity index (χ4v) is 3.67. The predicted octanol–water partition coefficient (Wildman–Crippen LogP) is 1.67. The predicted molar refractivity (Wildman–Crippen MR) is 78.2 cm³/mol. The number of nitrogens with one attached hydrogen (secondary N) is 1. The molecule has 1 atom stereocenters. The maximum atomic E-state index is 12.2. The van der Waals surface area contributed by atoms with Gasteiger partial charge in [-0.05, 0) is 43.5 Å². The lowest BCUT2D eigenvalue weighted by Gasteiger charge is -2.16. The summed E-state index contributed by atoms with van der Waals surface area (Å²) >= 11 is 0. The molecule has 1 amide bonds. The number of fused-ring (bicyclic) bond motifs is 1. The van der Waals surface area contributed by atoms with Crippen LogP contribution in [-0.2, 0) is 21.2 Å². The summed E-state index contributed by atoms with van der Waals surface area (Å²) in [7, 11) is -3.48. The lowest BCUT2D eigenvalue weighted by atomic mass is 10.2. The van der Waals surface area contributed by atoms with E-state index in [1.54, 1.807) is 23.1 Å². The summed E-state index contributed by atoms with van der Waals surface area (Å²) < 4.78 is 27.1. The maximum Gasteiger partial charge on any atom is 0.240 e. The van der Waals surface area contributed by atoms with Crippen LogP contribution in [0.5, 0.6) is 0 Å². The molecular weight excluding hydrogens is 276 g/mol. The van der Waals surface area contributed by atoms with Crippen LogP contribution in [0, 0.1) is 0 Å². The molecule has 0 radical (unpaired) electrons. The van der Waals surface area contributed by atoms with Crippen LogP contribution in [0.3, 0.4) is 0 Å². The van der Waals surface area contributed by atoms with Gasteiger partial charge in [-0.25, -0.2) is 13.1 Å². The molecule has 1 heterocycles. The molecule has 0 aliphatic carbocycles. The first-order valence-electron chi connectivity index (χ1n) is 6.78. The first-order valence-corrected chi connectivity index (χ1v) is 8.27. The summed E-state index contributed by atoms with van der Waals surface area (Å²) in [5.74, 6) is -0.0166. The largest absolute Gasteiger partial charge is 0.312 e. The number of nitrogens with zero attached hydrogens (tertiary/aromatic N) is 1. The Morgan fingerprint density at radius 3 is 2.75 bits per heavy atom. The van der Waals surface area contributed by atoms with Gasteiger partial charge in [0.25, 0.3) is 0 Å². The van der Waals surface area contributed by atoms with Gasteiger partial charge in [-0.15, -0.1) is 0 Å². The highest BCUT2D eigenvalue weighted by molar-refractivity contribution is 7.89. The Balaban J connectivity index is 2.31. The number of hydrogen-bond donors (Lipinski definition) is 1. The van der Waals surface area contributed by atoms with Crippen LogP contribution in [0.2, 0.25) is 0 Å². The van der Waals surface area contributed by atoms with Gasteiger partial charge in [0.1, 0.15) is 0 Å². The minimum absolute atomic E-state index is 0.0166. The molecule has 0 spiro atoms. The van der Waals surface area contributed by atoms with Crippen molar-refractivity contribution in [1.82, 2.24) is 4.72 Å². The average Bonchev–Trinajstić information content (AvgIpc) is 2.80. The monoisotopic (exact) mass is 296 g/mol. The van der Waals surface area contributed by atoms with Crippen LogP contribution in [-0.4, -0.2) is 26.9 Å². The molecule has 0 unspecified atom stereocenters. The van der Waals surface area contributed by atoms with Crippen molar-refractivity contribution in [3.63, 3.8) is 0 Å². The first-order chi connectivity index (χ1) is 9.35. The van der Waals surface area contributed by atoms with Gasteiger partial charge in [-0.1, -0.05) is 6.92 Å². The number of carbonyl (C=O) groups is 1. The van der Waals surface area contributed by atoms with Gasteiger partial charge >= 0.3 is 0 Å². The highest BCUT2D eigenvalue weighted by atomic mass is 32.2. The average molecular weight is 296 g/mol. The third-order valence-electron chi connectivity index (χ3n) is 3.61. The molecule has 110 valence electrons. The topological polar surface area (TPSA) is 66.5 Å². The van der Waals surface area contributed by atoms with Crippen molar-refractivity contribution in [2.24, 2.45) is 0 Å². The van der Waals surface area contributed by atoms with Crippen molar-refractivity contribution in [1.29, 1.82) is 0 Å². The van der Waals surface area contributed by atoms with E-state index in [1.807, 2.05) is 13.8 Å². The van der Waals surface area contributed by atoms with Crippen molar-refractivity contribution < 1.29 is 13.2 Å². The second-order valence-electron chi connectivity index (χ2n) is 5.14. The third-order valence-corrected chi connectivity index (χ3v) is 5.19. The zero-order valence-electron chi connectivity index (χ0n) is 12.0. The van der Waals surface area contributed by atoms with Gasteiger partial charge in [0.15, 0.2) is 0 Å². The molecule has 1 aromatic rings. The van der Waals surface area contributed by atoms with Crippen molar-refractivity contribution in [2.45, 2.75) is 44.6 Å². The van der Waals surface area contributed by atoms with E-state index < -0.39 is 10.0 Å². The molecule has 2 rings (SSSR count). The Labute approximate surface area is 120 Å². The van der Waals surface area contributed by atoms with Crippen molar-refractivity contribution in [2.75, 3.05) is 11.4 Å². The third kappa shape index (κ3) is 2.86. The molecule has 0 aromatic heterocycles. The van der Waals surface area contributed by atoms with E-state index in [-0.39, 0.29) is 16.8 Å². The second kappa shape index (κ2) is 5.54. The lowest BCUT2D eigenvalue weighted by molar-refractivity contribution is -0.116. The number of benzene rings is 1. The van der Waals surface area contributed by atoms with Gasteiger partial charge in [0.2, 0.25) is 15.9 Å². The molecule has 0 bridgehead atoms. The number of anilines is 1. The summed E-state index contributed by atoms with van der Waals surface area (Å²) in [5.41, 5.74) is 1.73. The van der Waals surface area contributed by atoms with Crippen molar-refractivity contribution in [3.05, 3.63) is 23.8 Å². The fourth-order valence-electron chi connectivity index (χ4n) is 2.29. The standard InChI is InChI=1S/C14H20N2O3S/c1-4-10(2)15-20(18,19)13-5-6-14-12(9-13)7-8-16(14)11(3)17/h5-6,9-10,15H,4,7-8H2,1-3H3/t10-/m1/s1. The van der Waals surface area contributed by atoms with Gasteiger partial charge in [0.05, 0.1) is 4.90 Å². The highest BCUT2D eigenvalue weighted by Gasteiger charge is 2.25. The van der Waals surface area contributed by atoms with Crippen LogP contribution in [0.4, 0.5) is 5.69 Å². The fraction of sp³-hybridized carbons (Fsp3) is 0.500. The molecule has 0 saturated carbocycles. The molecular formula is C14H20N2O3S. The van der Waals surface area contributed by atoms with Gasteiger partial charge in [-0.3, -0.25) is 4.79 Å². The minimum atomic E-state index is -3.48. The summed E-state index contributed by atoms with van der Waals surface area (Å²) in [4.78, 5) is 13.4. The molecule has 5 nitrogen and oxygen atoms in total. The number of amides is 1. The molecule has 20 heavy (non-hydrogen) atoms. The highest BCUT2D eigenvalue weighted by Crippen LogP contribution is 2.30. The molecule has 0 fully saturated rings. The number of carbonyl (C=O) groups excluding carboxylic acids is 1. The smallest absolute Gasteiger partial charge is 0.240 e.